The van der Waals surface area contributed by atoms with Crippen molar-refractivity contribution >= 4 is 0 Å². The van der Waals surface area contributed by atoms with Gasteiger partial charge in [-0.2, -0.15) is 0 Å². The second-order valence-electron chi connectivity index (χ2n) is 3.01. The second-order valence-corrected chi connectivity index (χ2v) is 3.01. The van der Waals surface area contributed by atoms with Gasteiger partial charge in [0.1, 0.15) is 12.2 Å². The molecule has 0 spiro atoms. The molecule has 1 fully saturated rings. The molecule has 0 amide bonds. The minimum atomic E-state index is -0.0614. The van der Waals surface area contributed by atoms with Gasteiger partial charge < -0.3 is 18.9 Å². The van der Waals surface area contributed by atoms with Crippen LogP contribution in [0.15, 0.2) is 0 Å². The molecule has 1 aliphatic rings. The zero-order chi connectivity index (χ0) is 9.68. The van der Waals surface area contributed by atoms with E-state index in [4.69, 9.17) is 18.9 Å². The maximum absolute atomic E-state index is 5.40. The lowest BCUT2D eigenvalue weighted by molar-refractivity contribution is -0.152. The molecule has 1 aliphatic heterocycles. The van der Waals surface area contributed by atoms with Gasteiger partial charge in [0.05, 0.1) is 19.3 Å². The minimum Gasteiger partial charge on any atom is -0.382 e. The van der Waals surface area contributed by atoms with Crippen LogP contribution in [0.1, 0.15) is 6.42 Å². The average Bonchev–Trinajstić information content (AvgIpc) is 2.18. The first-order valence-electron chi connectivity index (χ1n) is 4.35. The molecule has 0 aromatic heterocycles. The summed E-state index contributed by atoms with van der Waals surface area (Å²) in [6.07, 6.45) is 0.720. The Labute approximate surface area is 79.1 Å². The molecule has 0 N–H and O–H groups in total. The molecule has 0 saturated carbocycles. The summed E-state index contributed by atoms with van der Waals surface area (Å²) in [5.74, 6) is 0. The van der Waals surface area contributed by atoms with Crippen molar-refractivity contribution < 1.29 is 18.9 Å². The lowest BCUT2D eigenvalue weighted by Crippen LogP contribution is -2.47. The molecule has 1 heterocycles. The van der Waals surface area contributed by atoms with Gasteiger partial charge in [0.2, 0.25) is 0 Å². The van der Waals surface area contributed by atoms with Crippen LogP contribution >= 0.6 is 0 Å². The summed E-state index contributed by atoms with van der Waals surface area (Å²) in [4.78, 5) is 0. The van der Waals surface area contributed by atoms with Crippen molar-refractivity contribution in [1.29, 1.82) is 0 Å². The van der Waals surface area contributed by atoms with E-state index in [-0.39, 0.29) is 18.3 Å². The number of rotatable bonds is 4. The molecule has 0 aromatic rings. The van der Waals surface area contributed by atoms with Gasteiger partial charge in [-0.05, 0) is 0 Å². The van der Waals surface area contributed by atoms with Crippen LogP contribution in [0.4, 0.5) is 0 Å². The summed E-state index contributed by atoms with van der Waals surface area (Å²) in [5.41, 5.74) is 0. The van der Waals surface area contributed by atoms with Crippen LogP contribution in [-0.4, -0.2) is 46.2 Å². The van der Waals surface area contributed by atoms with E-state index in [9.17, 15) is 0 Å². The van der Waals surface area contributed by atoms with Crippen molar-refractivity contribution in [2.75, 3.05) is 27.9 Å². The Kier molecular flexibility index (Phi) is 4.66. The highest BCUT2D eigenvalue weighted by atomic mass is 16.6. The number of hydrogen-bond acceptors (Lipinski definition) is 4. The van der Waals surface area contributed by atoms with Crippen LogP contribution in [0.5, 0.6) is 0 Å². The lowest BCUT2D eigenvalue weighted by atomic mass is 10.0. The first-order chi connectivity index (χ1) is 6.33. The summed E-state index contributed by atoms with van der Waals surface area (Å²) in [7, 11) is 4.99. The first-order valence-corrected chi connectivity index (χ1v) is 4.35. The molecule has 13 heavy (non-hydrogen) atoms. The SMILES string of the molecule is COC[C@H]1O[CH]C[C@@H](OC)[C@@H]1OC. The molecule has 3 atom stereocenters. The van der Waals surface area contributed by atoms with Gasteiger partial charge in [0.25, 0.3) is 0 Å². The molecule has 0 aliphatic carbocycles. The van der Waals surface area contributed by atoms with Crippen LogP contribution in [0.3, 0.4) is 0 Å². The molecule has 0 unspecified atom stereocenters. The molecule has 1 saturated heterocycles. The molecule has 4 heteroatoms. The third-order valence-corrected chi connectivity index (χ3v) is 2.24. The Balaban J connectivity index is 2.50. The molecule has 0 aromatic carbocycles. The van der Waals surface area contributed by atoms with Gasteiger partial charge in [-0.25, -0.2) is 0 Å². The van der Waals surface area contributed by atoms with Gasteiger partial charge in [0, 0.05) is 27.8 Å². The fourth-order valence-electron chi connectivity index (χ4n) is 1.56. The first kappa shape index (κ1) is 10.9. The zero-order valence-electron chi connectivity index (χ0n) is 8.36. The van der Waals surface area contributed by atoms with Crippen molar-refractivity contribution in [1.82, 2.24) is 0 Å². The van der Waals surface area contributed by atoms with Crippen LogP contribution in [0.25, 0.3) is 0 Å². The Hall–Kier alpha value is -0.160. The van der Waals surface area contributed by atoms with E-state index < -0.39 is 0 Å². The van der Waals surface area contributed by atoms with Crippen molar-refractivity contribution in [3.05, 3.63) is 6.61 Å². The van der Waals surface area contributed by atoms with E-state index in [2.05, 4.69) is 0 Å². The van der Waals surface area contributed by atoms with Crippen molar-refractivity contribution in [2.24, 2.45) is 0 Å². The third-order valence-electron chi connectivity index (χ3n) is 2.24. The normalized spacial score (nSPS) is 34.8. The molecule has 1 rings (SSSR count). The van der Waals surface area contributed by atoms with E-state index in [1.807, 2.05) is 0 Å². The fraction of sp³-hybridized carbons (Fsp3) is 0.889. The van der Waals surface area contributed by atoms with Crippen molar-refractivity contribution in [3.63, 3.8) is 0 Å². The Morgan fingerprint density at radius 3 is 2.62 bits per heavy atom. The maximum atomic E-state index is 5.40. The molecule has 0 bridgehead atoms. The van der Waals surface area contributed by atoms with E-state index in [1.165, 1.54) is 0 Å². The summed E-state index contributed by atoms with van der Waals surface area (Å²) in [6.45, 7) is 2.28. The zero-order valence-corrected chi connectivity index (χ0v) is 8.36. The molecule has 77 valence electrons. The predicted octanol–water partition coefficient (Wildman–Crippen LogP) is 0.613. The fourth-order valence-corrected chi connectivity index (χ4v) is 1.56. The summed E-state index contributed by atoms with van der Waals surface area (Å²) in [6, 6.07) is 0. The third kappa shape index (κ3) is 2.64. The van der Waals surface area contributed by atoms with Crippen LogP contribution in [0, 0.1) is 6.61 Å². The molecular formula is C9H17O4. The topological polar surface area (TPSA) is 36.9 Å². The van der Waals surface area contributed by atoms with Gasteiger partial charge in [-0.15, -0.1) is 0 Å². The van der Waals surface area contributed by atoms with E-state index in [1.54, 1.807) is 27.9 Å². The Morgan fingerprint density at radius 1 is 1.31 bits per heavy atom. The monoisotopic (exact) mass is 189 g/mol. The van der Waals surface area contributed by atoms with E-state index >= 15 is 0 Å². The van der Waals surface area contributed by atoms with Gasteiger partial charge in [-0.1, -0.05) is 0 Å². The maximum Gasteiger partial charge on any atom is 0.112 e. The van der Waals surface area contributed by atoms with Crippen molar-refractivity contribution in [3.8, 4) is 0 Å². The highest BCUT2D eigenvalue weighted by Gasteiger charge is 2.34. The van der Waals surface area contributed by atoms with Gasteiger partial charge in [0.15, 0.2) is 0 Å². The highest BCUT2D eigenvalue weighted by molar-refractivity contribution is 4.86. The van der Waals surface area contributed by atoms with Crippen LogP contribution in [-0.2, 0) is 18.9 Å². The molecular weight excluding hydrogens is 172 g/mol. The number of methoxy groups -OCH3 is 3. The van der Waals surface area contributed by atoms with E-state index in [0.717, 1.165) is 6.42 Å². The van der Waals surface area contributed by atoms with Crippen LogP contribution in [0.2, 0.25) is 0 Å². The smallest absolute Gasteiger partial charge is 0.112 e. The summed E-state index contributed by atoms with van der Waals surface area (Å²) < 4.78 is 21.0. The predicted molar refractivity (Wildman–Crippen MR) is 47.3 cm³/mol. The number of ether oxygens (including phenoxy) is 4. The number of hydrogen-bond donors (Lipinski definition) is 0. The standard InChI is InChI=1S/C9H17O4/c1-10-6-8-9(12-3)7(11-2)4-5-13-8/h5,7-9H,4,6H2,1-3H3/t7-,8-,9+/m1/s1. The van der Waals surface area contributed by atoms with Crippen molar-refractivity contribution in [2.45, 2.75) is 24.7 Å². The summed E-state index contributed by atoms with van der Waals surface area (Å²) in [5, 5.41) is 0. The van der Waals surface area contributed by atoms with E-state index in [0.29, 0.717) is 6.61 Å². The lowest BCUT2D eigenvalue weighted by Gasteiger charge is -2.35. The Morgan fingerprint density at radius 2 is 2.08 bits per heavy atom. The summed E-state index contributed by atoms with van der Waals surface area (Å²) >= 11 is 0. The second kappa shape index (κ2) is 5.54. The Bertz CT molecular complexity index is 138. The average molecular weight is 189 g/mol. The highest BCUT2D eigenvalue weighted by Crippen LogP contribution is 2.22. The largest absolute Gasteiger partial charge is 0.382 e. The minimum absolute atomic E-state index is 0.0463. The quantitative estimate of drug-likeness (QED) is 0.649. The molecule has 1 radical (unpaired) electrons. The van der Waals surface area contributed by atoms with Crippen LogP contribution < -0.4 is 0 Å². The van der Waals surface area contributed by atoms with Gasteiger partial charge >= 0.3 is 0 Å². The molecule has 4 nitrogen and oxygen atoms in total. The van der Waals surface area contributed by atoms with Gasteiger partial charge in [-0.3, -0.25) is 0 Å².